The van der Waals surface area contributed by atoms with Crippen molar-refractivity contribution >= 4 is 0 Å². The fraction of sp³-hybridized carbons (Fsp3) is 0.714. The van der Waals surface area contributed by atoms with Crippen molar-refractivity contribution in [2.24, 2.45) is 22.7 Å². The Morgan fingerprint density at radius 2 is 1.06 bits per heavy atom. The van der Waals surface area contributed by atoms with Crippen molar-refractivity contribution < 1.29 is 48.0 Å². The molecule has 0 N–H and O–H groups in total. The molecule has 2 aliphatic rings. The van der Waals surface area contributed by atoms with Crippen LogP contribution in [0.2, 0.25) is 0 Å². The zero-order valence-corrected chi connectivity index (χ0v) is 25.8. The maximum Gasteiger partial charge on any atom is -1.00 e. The Morgan fingerprint density at radius 3 is 1.32 bits per heavy atom. The van der Waals surface area contributed by atoms with Gasteiger partial charge in [0.15, 0.2) is 0 Å². The molecular weight excluding hydrogens is 498 g/mol. The van der Waals surface area contributed by atoms with E-state index in [2.05, 4.69) is 81.4 Å². The molecule has 31 heavy (non-hydrogen) atoms. The van der Waals surface area contributed by atoms with Crippen LogP contribution in [-0.4, -0.2) is 0 Å². The van der Waals surface area contributed by atoms with Gasteiger partial charge in [0.05, 0.1) is 0 Å². The minimum atomic E-state index is -0.807. The van der Waals surface area contributed by atoms with Gasteiger partial charge in [-0.25, -0.2) is 0 Å². The van der Waals surface area contributed by atoms with Crippen molar-refractivity contribution in [3.8, 4) is 0 Å². The SMILES string of the molecule is CCC(C)(CC(C)C)C1=CCC(C)=[C]1[Zr+2][C]1=C(C)CC=C1C(C)(CC)CC(C)C.[Cl-].[Cl-]. The predicted molar refractivity (Wildman–Crippen MR) is 127 cm³/mol. The van der Waals surface area contributed by atoms with Gasteiger partial charge in [0.2, 0.25) is 0 Å². The molecule has 0 saturated heterocycles. The summed E-state index contributed by atoms with van der Waals surface area (Å²) in [6.45, 7) is 24.3. The summed E-state index contributed by atoms with van der Waals surface area (Å²) in [6, 6.07) is 0. The molecule has 3 heteroatoms. The first-order valence-electron chi connectivity index (χ1n) is 12.1. The molecule has 0 bridgehead atoms. The van der Waals surface area contributed by atoms with Crippen molar-refractivity contribution in [3.63, 3.8) is 0 Å². The molecule has 0 saturated carbocycles. The molecule has 2 atom stereocenters. The summed E-state index contributed by atoms with van der Waals surface area (Å²) in [5, 5.41) is 0. The maximum absolute atomic E-state index is 2.61. The minimum Gasteiger partial charge on any atom is -1.00 e. The number of allylic oxidation sites excluding steroid dienone is 8. The smallest absolute Gasteiger partial charge is 1.00 e. The molecule has 0 radical (unpaired) electrons. The van der Waals surface area contributed by atoms with Gasteiger partial charge < -0.3 is 24.8 Å². The van der Waals surface area contributed by atoms with Gasteiger partial charge in [0, 0.05) is 0 Å². The number of rotatable bonds is 10. The van der Waals surface area contributed by atoms with Crippen LogP contribution in [0, 0.1) is 22.7 Å². The molecule has 0 aromatic rings. The molecule has 0 aliphatic heterocycles. The van der Waals surface area contributed by atoms with Crippen molar-refractivity contribution in [1.82, 2.24) is 0 Å². The van der Waals surface area contributed by atoms with Crippen LogP contribution >= 0.6 is 0 Å². The van der Waals surface area contributed by atoms with E-state index < -0.39 is 23.2 Å². The normalized spacial score (nSPS) is 20.1. The van der Waals surface area contributed by atoms with Crippen LogP contribution in [0.1, 0.15) is 108 Å². The first kappa shape index (κ1) is 31.4. The van der Waals surface area contributed by atoms with Crippen LogP contribution in [0.3, 0.4) is 0 Å². The maximum atomic E-state index is 2.61. The van der Waals surface area contributed by atoms with E-state index >= 15 is 0 Å². The average Bonchev–Trinajstić information content (AvgIpc) is 3.18. The van der Waals surface area contributed by atoms with E-state index in [1.807, 2.05) is 6.56 Å². The molecule has 2 aliphatic carbocycles. The van der Waals surface area contributed by atoms with Crippen LogP contribution in [-0.2, 0) is 23.2 Å². The first-order chi connectivity index (χ1) is 13.5. The zero-order chi connectivity index (χ0) is 22.0. The van der Waals surface area contributed by atoms with Gasteiger partial charge in [-0.15, -0.1) is 0 Å². The minimum absolute atomic E-state index is 0. The summed E-state index contributed by atoms with van der Waals surface area (Å²) in [7, 11) is 0. The van der Waals surface area contributed by atoms with Crippen LogP contribution in [0.15, 0.2) is 41.0 Å². The molecule has 0 nitrogen and oxygen atoms in total. The third-order valence-corrected chi connectivity index (χ3v) is 12.1. The van der Waals surface area contributed by atoms with Gasteiger partial charge in [-0.1, -0.05) is 0 Å². The Morgan fingerprint density at radius 1 is 0.742 bits per heavy atom. The molecular formula is C28H46Cl2Zr. The van der Waals surface area contributed by atoms with E-state index in [1.165, 1.54) is 38.5 Å². The number of hydrogen-bond acceptors (Lipinski definition) is 0. The van der Waals surface area contributed by atoms with Gasteiger partial charge >= 0.3 is 195 Å². The molecule has 0 amide bonds. The Balaban J connectivity index is 0.00000450. The summed E-state index contributed by atoms with van der Waals surface area (Å²) >= 11 is -0.807. The Hall–Kier alpha value is 0.423. The first-order valence-corrected chi connectivity index (χ1v) is 14.5. The third kappa shape index (κ3) is 7.20. The molecule has 2 rings (SSSR count). The van der Waals surface area contributed by atoms with E-state index in [1.54, 1.807) is 22.3 Å². The van der Waals surface area contributed by atoms with Crippen molar-refractivity contribution in [1.29, 1.82) is 0 Å². The summed E-state index contributed by atoms with van der Waals surface area (Å²) < 4.78 is 3.67. The molecule has 2 unspecified atom stereocenters. The van der Waals surface area contributed by atoms with Crippen molar-refractivity contribution in [2.45, 2.75) is 108 Å². The van der Waals surface area contributed by atoms with E-state index in [9.17, 15) is 0 Å². The standard InChI is InChI=1S/2C14H23.2ClH.Zr/c2*1-6-14(5,10-11(2)3)13-8-7-12(4)9-13;;;/h2*8,11H,6-7,10H2,1-5H3;2*1H;/q;;;;+2/p-2. The topological polar surface area (TPSA) is 0 Å². The van der Waals surface area contributed by atoms with E-state index in [4.69, 9.17) is 0 Å². The second kappa shape index (κ2) is 12.8. The summed E-state index contributed by atoms with van der Waals surface area (Å²) in [6.07, 6.45) is 12.8. The van der Waals surface area contributed by atoms with Gasteiger partial charge in [0.25, 0.3) is 0 Å². The van der Waals surface area contributed by atoms with Crippen molar-refractivity contribution in [3.05, 3.63) is 41.0 Å². The summed E-state index contributed by atoms with van der Waals surface area (Å²) in [5.74, 6) is 1.51. The van der Waals surface area contributed by atoms with Gasteiger partial charge in [-0.3, -0.25) is 0 Å². The van der Waals surface area contributed by atoms with E-state index in [0.717, 1.165) is 11.8 Å². The van der Waals surface area contributed by atoms with Crippen LogP contribution in [0.4, 0.5) is 0 Å². The van der Waals surface area contributed by atoms with Gasteiger partial charge in [-0.05, 0) is 0 Å². The van der Waals surface area contributed by atoms with Gasteiger partial charge in [0.1, 0.15) is 0 Å². The van der Waals surface area contributed by atoms with Crippen molar-refractivity contribution in [2.75, 3.05) is 0 Å². The average molecular weight is 545 g/mol. The number of halogens is 2. The molecule has 176 valence electrons. The summed E-state index contributed by atoms with van der Waals surface area (Å²) in [5.41, 5.74) is 7.56. The van der Waals surface area contributed by atoms with Crippen LogP contribution < -0.4 is 24.8 Å². The second-order valence-corrected chi connectivity index (χ2v) is 14.2. The van der Waals surface area contributed by atoms with Gasteiger partial charge in [-0.2, -0.15) is 0 Å². The monoisotopic (exact) mass is 542 g/mol. The van der Waals surface area contributed by atoms with Crippen LogP contribution in [0.5, 0.6) is 0 Å². The quantitative estimate of drug-likeness (QED) is 0.396. The zero-order valence-electron chi connectivity index (χ0n) is 21.8. The summed E-state index contributed by atoms with van der Waals surface area (Å²) in [4.78, 5) is 0. The van der Waals surface area contributed by atoms with E-state index in [0.29, 0.717) is 10.8 Å². The molecule has 0 aromatic heterocycles. The van der Waals surface area contributed by atoms with E-state index in [-0.39, 0.29) is 24.8 Å². The molecule has 0 spiro atoms. The molecule has 0 heterocycles. The molecule has 0 fully saturated rings. The fourth-order valence-electron chi connectivity index (χ4n) is 5.64. The Labute approximate surface area is 218 Å². The second-order valence-electron chi connectivity index (χ2n) is 11.1. The Bertz CT molecular complexity index is 676. The Kier molecular flexibility index (Phi) is 12.9. The predicted octanol–water partition coefficient (Wildman–Crippen LogP) is 3.21. The molecule has 0 aromatic carbocycles. The largest absolute Gasteiger partial charge is 1.00 e. The number of hydrogen-bond donors (Lipinski definition) is 0. The third-order valence-electron chi connectivity index (χ3n) is 7.45. The van der Waals surface area contributed by atoms with Crippen LogP contribution in [0.25, 0.3) is 0 Å². The fourth-order valence-corrected chi connectivity index (χ4v) is 10.5.